The molecule has 0 aliphatic rings. The van der Waals surface area contributed by atoms with Crippen LogP contribution in [0.5, 0.6) is 0 Å². The summed E-state index contributed by atoms with van der Waals surface area (Å²) < 4.78 is 13.7. The molecule has 0 radical (unpaired) electrons. The van der Waals surface area contributed by atoms with Gasteiger partial charge in [0.25, 0.3) is 0 Å². The lowest BCUT2D eigenvalue weighted by atomic mass is 10.1. The second kappa shape index (κ2) is 5.52. The van der Waals surface area contributed by atoms with Crippen molar-refractivity contribution in [1.82, 2.24) is 4.98 Å². The Balaban J connectivity index is 0.00000144. The molecule has 13 heavy (non-hydrogen) atoms. The smallest absolute Gasteiger partial charge is 0.147 e. The zero-order valence-electron chi connectivity index (χ0n) is 7.13. The Bertz CT molecular complexity index is 283. The average molecular weight is 270 g/mol. The summed E-state index contributed by atoms with van der Waals surface area (Å²) in [5.74, 6) is -0.348. The Hall–Kier alpha value is -0.190. The second-order valence-corrected chi connectivity index (χ2v) is 3.45. The summed E-state index contributed by atoms with van der Waals surface area (Å²) in [5, 5.41) is 0. The van der Waals surface area contributed by atoms with Gasteiger partial charge in [-0.1, -0.05) is 6.92 Å². The van der Waals surface area contributed by atoms with E-state index in [1.165, 1.54) is 6.07 Å². The number of pyridine rings is 1. The summed E-state index contributed by atoms with van der Waals surface area (Å²) >= 11 is 3.12. The Kier molecular flexibility index (Phi) is 5.44. The maximum absolute atomic E-state index is 13.1. The van der Waals surface area contributed by atoms with Crippen LogP contribution in [0.25, 0.3) is 0 Å². The van der Waals surface area contributed by atoms with Crippen molar-refractivity contribution in [3.8, 4) is 0 Å². The molecule has 0 aromatic carbocycles. The van der Waals surface area contributed by atoms with Gasteiger partial charge in [-0.15, -0.1) is 12.4 Å². The van der Waals surface area contributed by atoms with Crippen molar-refractivity contribution in [2.24, 2.45) is 5.73 Å². The third kappa shape index (κ3) is 3.21. The molecule has 0 aliphatic heterocycles. The normalized spacial score (nSPS) is 12.0. The summed E-state index contributed by atoms with van der Waals surface area (Å²) in [6.07, 6.45) is 2.24. The first-order valence-electron chi connectivity index (χ1n) is 3.71. The molecule has 0 spiro atoms. The fourth-order valence-electron chi connectivity index (χ4n) is 0.891. The average Bonchev–Trinajstić information content (AvgIpc) is 2.03. The van der Waals surface area contributed by atoms with E-state index in [4.69, 9.17) is 5.73 Å². The highest BCUT2D eigenvalue weighted by molar-refractivity contribution is 9.10. The number of nitrogens with zero attached hydrogens (tertiary/aromatic N) is 1. The summed E-state index contributed by atoms with van der Waals surface area (Å²) in [4.78, 5) is 3.90. The van der Waals surface area contributed by atoms with Gasteiger partial charge in [0.1, 0.15) is 5.82 Å². The molecule has 1 rings (SSSR count). The second-order valence-electron chi connectivity index (χ2n) is 2.54. The van der Waals surface area contributed by atoms with Gasteiger partial charge >= 0.3 is 0 Å². The minimum Gasteiger partial charge on any atom is -0.323 e. The maximum atomic E-state index is 13.1. The van der Waals surface area contributed by atoms with Crippen LogP contribution in [0.15, 0.2) is 16.7 Å². The summed E-state index contributed by atoms with van der Waals surface area (Å²) in [6.45, 7) is 1.90. The zero-order valence-corrected chi connectivity index (χ0v) is 9.53. The molecule has 5 heteroatoms. The highest BCUT2D eigenvalue weighted by Crippen LogP contribution is 2.18. The molecular weight excluding hydrogens is 258 g/mol. The van der Waals surface area contributed by atoms with Crippen LogP contribution in [0, 0.1) is 5.82 Å². The van der Waals surface area contributed by atoms with Crippen molar-refractivity contribution in [3.05, 3.63) is 28.2 Å². The van der Waals surface area contributed by atoms with Crippen molar-refractivity contribution >= 4 is 28.3 Å². The standard InChI is InChI=1S/C8H10BrFN2.ClH/c1-2-7(11)8-6(10)3-5(9)4-12-8;/h3-4,7H,2,11H2,1H3;1H/t7-;/m1./s1. The molecule has 0 unspecified atom stereocenters. The first kappa shape index (κ1) is 12.8. The van der Waals surface area contributed by atoms with E-state index in [2.05, 4.69) is 20.9 Å². The highest BCUT2D eigenvalue weighted by Gasteiger charge is 2.10. The van der Waals surface area contributed by atoms with Gasteiger partial charge in [0.2, 0.25) is 0 Å². The summed E-state index contributed by atoms with van der Waals surface area (Å²) in [5.41, 5.74) is 5.96. The fraction of sp³-hybridized carbons (Fsp3) is 0.375. The highest BCUT2D eigenvalue weighted by atomic mass is 79.9. The van der Waals surface area contributed by atoms with Gasteiger partial charge in [-0.2, -0.15) is 0 Å². The van der Waals surface area contributed by atoms with Gasteiger partial charge in [-0.05, 0) is 28.4 Å². The predicted octanol–water partition coefficient (Wildman–Crippen LogP) is 2.81. The van der Waals surface area contributed by atoms with Crippen molar-refractivity contribution in [1.29, 1.82) is 0 Å². The first-order chi connectivity index (χ1) is 5.65. The number of halogens is 3. The number of hydrogen-bond donors (Lipinski definition) is 1. The quantitative estimate of drug-likeness (QED) is 0.897. The Morgan fingerprint density at radius 3 is 2.77 bits per heavy atom. The molecule has 0 amide bonds. The zero-order chi connectivity index (χ0) is 9.14. The number of hydrogen-bond acceptors (Lipinski definition) is 2. The van der Waals surface area contributed by atoms with Crippen LogP contribution in [0.4, 0.5) is 4.39 Å². The van der Waals surface area contributed by atoms with Crippen molar-refractivity contribution in [2.75, 3.05) is 0 Å². The van der Waals surface area contributed by atoms with E-state index >= 15 is 0 Å². The molecule has 2 nitrogen and oxygen atoms in total. The van der Waals surface area contributed by atoms with Crippen molar-refractivity contribution < 1.29 is 4.39 Å². The van der Waals surface area contributed by atoms with Crippen molar-refractivity contribution in [2.45, 2.75) is 19.4 Å². The van der Waals surface area contributed by atoms with Gasteiger partial charge in [-0.3, -0.25) is 4.98 Å². The van der Waals surface area contributed by atoms with E-state index < -0.39 is 0 Å². The van der Waals surface area contributed by atoms with Crippen LogP contribution in [-0.4, -0.2) is 4.98 Å². The van der Waals surface area contributed by atoms with Crippen molar-refractivity contribution in [3.63, 3.8) is 0 Å². The maximum Gasteiger partial charge on any atom is 0.147 e. The van der Waals surface area contributed by atoms with Crippen LogP contribution in [-0.2, 0) is 0 Å². The van der Waals surface area contributed by atoms with Crippen LogP contribution in [0.2, 0.25) is 0 Å². The van der Waals surface area contributed by atoms with E-state index in [1.807, 2.05) is 6.92 Å². The molecule has 0 fully saturated rings. The van der Waals surface area contributed by atoms with Gasteiger partial charge in [0.05, 0.1) is 5.69 Å². The van der Waals surface area contributed by atoms with Crippen LogP contribution >= 0.6 is 28.3 Å². The lowest BCUT2D eigenvalue weighted by Crippen LogP contribution is -2.12. The molecule has 74 valence electrons. The molecular formula is C8H11BrClFN2. The van der Waals surface area contributed by atoms with Gasteiger partial charge in [0.15, 0.2) is 0 Å². The van der Waals surface area contributed by atoms with Crippen LogP contribution in [0.1, 0.15) is 25.1 Å². The Labute approximate surface area is 91.3 Å². The fourth-order valence-corrected chi connectivity index (χ4v) is 1.19. The number of nitrogens with two attached hydrogens (primary N) is 1. The van der Waals surface area contributed by atoms with E-state index in [9.17, 15) is 4.39 Å². The van der Waals surface area contributed by atoms with E-state index in [0.29, 0.717) is 16.6 Å². The summed E-state index contributed by atoms with van der Waals surface area (Å²) in [6, 6.07) is 1.07. The van der Waals surface area contributed by atoms with Gasteiger partial charge in [0, 0.05) is 16.7 Å². The lowest BCUT2D eigenvalue weighted by Gasteiger charge is -2.08. The number of rotatable bonds is 2. The molecule has 1 atom stereocenters. The SMILES string of the molecule is CC[C@@H](N)c1ncc(Br)cc1F.Cl. The Morgan fingerprint density at radius 1 is 1.69 bits per heavy atom. The van der Waals surface area contributed by atoms with E-state index in [-0.39, 0.29) is 24.3 Å². The molecule has 0 bridgehead atoms. The monoisotopic (exact) mass is 268 g/mol. The number of aromatic nitrogens is 1. The predicted molar refractivity (Wildman–Crippen MR) is 56.4 cm³/mol. The largest absolute Gasteiger partial charge is 0.323 e. The Morgan fingerprint density at radius 2 is 2.31 bits per heavy atom. The summed E-state index contributed by atoms with van der Waals surface area (Å²) in [7, 11) is 0. The third-order valence-corrected chi connectivity index (χ3v) is 2.06. The van der Waals surface area contributed by atoms with Gasteiger partial charge < -0.3 is 5.73 Å². The molecule has 1 aromatic rings. The topological polar surface area (TPSA) is 38.9 Å². The molecule has 1 aromatic heterocycles. The molecule has 0 aliphatic carbocycles. The van der Waals surface area contributed by atoms with Gasteiger partial charge in [-0.25, -0.2) is 4.39 Å². The van der Waals surface area contributed by atoms with E-state index in [0.717, 1.165) is 0 Å². The molecule has 1 heterocycles. The first-order valence-corrected chi connectivity index (χ1v) is 4.51. The molecule has 2 N–H and O–H groups in total. The minimum atomic E-state index is -0.348. The molecule has 0 saturated heterocycles. The van der Waals surface area contributed by atoms with Crippen LogP contribution in [0.3, 0.4) is 0 Å². The third-order valence-electron chi connectivity index (χ3n) is 1.63. The van der Waals surface area contributed by atoms with E-state index in [1.54, 1.807) is 6.20 Å². The lowest BCUT2D eigenvalue weighted by molar-refractivity contribution is 0.557. The van der Waals surface area contributed by atoms with Crippen LogP contribution < -0.4 is 5.73 Å². The minimum absolute atomic E-state index is 0. The molecule has 0 saturated carbocycles.